The lowest BCUT2D eigenvalue weighted by molar-refractivity contribution is 0.135. The summed E-state index contributed by atoms with van der Waals surface area (Å²) in [4.78, 5) is 5.47. The lowest BCUT2D eigenvalue weighted by Gasteiger charge is -2.33. The molecule has 1 atom stereocenters. The van der Waals surface area contributed by atoms with Crippen LogP contribution < -0.4 is 0 Å². The minimum atomic E-state index is 0.637. The number of hydrogen-bond acceptors (Lipinski definition) is 2. The van der Waals surface area contributed by atoms with E-state index in [0.717, 1.165) is 0 Å². The van der Waals surface area contributed by atoms with E-state index in [1.54, 1.807) is 0 Å². The Hall–Kier alpha value is -0.660. The van der Waals surface area contributed by atoms with Crippen molar-refractivity contribution in [3.8, 4) is 0 Å². The molecular formula is C49H98N2. The van der Waals surface area contributed by atoms with Gasteiger partial charge in [-0.25, -0.2) is 0 Å². The van der Waals surface area contributed by atoms with Gasteiger partial charge in [-0.3, -0.25) is 0 Å². The average Bonchev–Trinajstić information content (AvgIpc) is 3.53. The maximum Gasteiger partial charge on any atom is 0.101 e. The van der Waals surface area contributed by atoms with Gasteiger partial charge in [0.05, 0.1) is 0 Å². The second-order valence-electron chi connectivity index (χ2n) is 17.1. The van der Waals surface area contributed by atoms with Crippen LogP contribution in [0.5, 0.6) is 0 Å². The Bertz CT molecular complexity index is 673. The maximum atomic E-state index is 2.74. The van der Waals surface area contributed by atoms with E-state index in [2.05, 4.69) is 43.0 Å². The van der Waals surface area contributed by atoms with Gasteiger partial charge in [0.15, 0.2) is 0 Å². The zero-order valence-electron chi connectivity index (χ0n) is 36.0. The molecule has 0 N–H and O–H groups in total. The molecule has 2 nitrogen and oxygen atoms in total. The normalized spacial score (nSPS) is 14.5. The van der Waals surface area contributed by atoms with Crippen LogP contribution in [0, 0.1) is 0 Å². The summed E-state index contributed by atoms with van der Waals surface area (Å²) in [6.45, 7) is 9.50. The second kappa shape index (κ2) is 40.5. The fraction of sp³-hybridized carbons (Fsp3) is 0.959. The lowest BCUT2D eigenvalue weighted by atomic mass is 10.0. The van der Waals surface area contributed by atoms with Gasteiger partial charge in [0, 0.05) is 25.5 Å². The first-order valence-electron chi connectivity index (χ1n) is 24.5. The highest BCUT2D eigenvalue weighted by molar-refractivity contribution is 4.97. The van der Waals surface area contributed by atoms with Gasteiger partial charge in [-0.05, 0) is 25.7 Å². The van der Waals surface area contributed by atoms with E-state index >= 15 is 0 Å². The first kappa shape index (κ1) is 48.4. The van der Waals surface area contributed by atoms with Crippen LogP contribution in [0.15, 0.2) is 12.4 Å². The average molecular weight is 715 g/mol. The van der Waals surface area contributed by atoms with Gasteiger partial charge < -0.3 is 9.80 Å². The lowest BCUT2D eigenvalue weighted by Crippen LogP contribution is -2.39. The molecular weight excluding hydrogens is 617 g/mol. The van der Waals surface area contributed by atoms with Crippen molar-refractivity contribution in [2.45, 2.75) is 290 Å². The Kier molecular flexibility index (Phi) is 38.4. The van der Waals surface area contributed by atoms with E-state index in [0.29, 0.717) is 6.17 Å². The molecule has 0 aliphatic carbocycles. The molecule has 0 aromatic rings. The highest BCUT2D eigenvalue weighted by Crippen LogP contribution is 2.24. The van der Waals surface area contributed by atoms with Crippen LogP contribution in [0.2, 0.25) is 0 Å². The van der Waals surface area contributed by atoms with Gasteiger partial charge in [0.2, 0.25) is 0 Å². The van der Waals surface area contributed by atoms with Crippen LogP contribution in [0.25, 0.3) is 0 Å². The summed E-state index contributed by atoms with van der Waals surface area (Å²) in [7, 11) is 0. The number of rotatable bonds is 43. The fourth-order valence-corrected chi connectivity index (χ4v) is 8.48. The molecule has 0 fully saturated rings. The summed E-state index contributed by atoms with van der Waals surface area (Å²) < 4.78 is 0. The van der Waals surface area contributed by atoms with Crippen LogP contribution in [-0.4, -0.2) is 29.1 Å². The molecule has 1 heterocycles. The smallest absolute Gasteiger partial charge is 0.101 e. The van der Waals surface area contributed by atoms with Crippen LogP contribution in [0.4, 0.5) is 0 Å². The van der Waals surface area contributed by atoms with Crippen molar-refractivity contribution in [3.05, 3.63) is 12.4 Å². The molecule has 0 bridgehead atoms. The number of unbranched alkanes of at least 4 members (excludes halogenated alkanes) is 37. The summed E-state index contributed by atoms with van der Waals surface area (Å²) in [6.07, 6.45) is 64.9. The van der Waals surface area contributed by atoms with Crippen molar-refractivity contribution in [3.63, 3.8) is 0 Å². The summed E-state index contributed by atoms with van der Waals surface area (Å²) in [5.41, 5.74) is 0. The van der Waals surface area contributed by atoms with Crippen LogP contribution in [-0.2, 0) is 0 Å². The van der Waals surface area contributed by atoms with Gasteiger partial charge in [-0.2, -0.15) is 0 Å². The van der Waals surface area contributed by atoms with E-state index in [1.807, 2.05) is 0 Å². The van der Waals surface area contributed by atoms with Gasteiger partial charge in [0.1, 0.15) is 6.17 Å². The third kappa shape index (κ3) is 32.5. The molecule has 0 saturated carbocycles. The first-order chi connectivity index (χ1) is 25.3. The van der Waals surface area contributed by atoms with Gasteiger partial charge in [-0.1, -0.05) is 258 Å². The summed E-state index contributed by atoms with van der Waals surface area (Å²) in [5.74, 6) is 0. The molecule has 0 amide bonds. The largest absolute Gasteiger partial charge is 0.356 e. The van der Waals surface area contributed by atoms with Crippen molar-refractivity contribution in [1.82, 2.24) is 9.80 Å². The van der Waals surface area contributed by atoms with Gasteiger partial charge in [0.25, 0.3) is 0 Å². The van der Waals surface area contributed by atoms with E-state index < -0.39 is 0 Å². The first-order valence-corrected chi connectivity index (χ1v) is 24.5. The fourth-order valence-electron chi connectivity index (χ4n) is 8.48. The Labute approximate surface area is 324 Å². The van der Waals surface area contributed by atoms with E-state index in [1.165, 1.54) is 276 Å². The van der Waals surface area contributed by atoms with Gasteiger partial charge >= 0.3 is 0 Å². The third-order valence-electron chi connectivity index (χ3n) is 12.1. The molecule has 0 saturated heterocycles. The molecule has 0 spiro atoms. The molecule has 1 unspecified atom stereocenters. The monoisotopic (exact) mass is 715 g/mol. The van der Waals surface area contributed by atoms with Crippen molar-refractivity contribution in [1.29, 1.82) is 0 Å². The van der Waals surface area contributed by atoms with Crippen molar-refractivity contribution < 1.29 is 0 Å². The SMILES string of the molecule is CCCCCCCCCCCCCCCCCCCN1C=CN(CCCCCCCCCCCCCCCC)C1CCCCCCCCCCC. The molecule has 0 aromatic carbocycles. The molecule has 1 aliphatic heterocycles. The van der Waals surface area contributed by atoms with E-state index in [4.69, 9.17) is 0 Å². The highest BCUT2D eigenvalue weighted by Gasteiger charge is 2.24. The molecule has 304 valence electrons. The predicted octanol–water partition coefficient (Wildman–Crippen LogP) is 17.5. The van der Waals surface area contributed by atoms with E-state index in [-0.39, 0.29) is 0 Å². The molecule has 2 heteroatoms. The minimum Gasteiger partial charge on any atom is -0.356 e. The quantitative estimate of drug-likeness (QED) is 0.0580. The van der Waals surface area contributed by atoms with Gasteiger partial charge in [-0.15, -0.1) is 0 Å². The molecule has 1 rings (SSSR count). The Morgan fingerprint density at radius 2 is 0.451 bits per heavy atom. The topological polar surface area (TPSA) is 6.48 Å². The summed E-state index contributed by atoms with van der Waals surface area (Å²) >= 11 is 0. The second-order valence-corrected chi connectivity index (χ2v) is 17.1. The summed E-state index contributed by atoms with van der Waals surface area (Å²) in [5, 5.41) is 0. The highest BCUT2D eigenvalue weighted by atomic mass is 15.4. The van der Waals surface area contributed by atoms with Crippen LogP contribution in [0.3, 0.4) is 0 Å². The van der Waals surface area contributed by atoms with Crippen molar-refractivity contribution in [2.75, 3.05) is 13.1 Å². The van der Waals surface area contributed by atoms with Crippen molar-refractivity contribution in [2.24, 2.45) is 0 Å². The predicted molar refractivity (Wildman–Crippen MR) is 233 cm³/mol. The number of nitrogens with zero attached hydrogens (tertiary/aromatic N) is 2. The van der Waals surface area contributed by atoms with Crippen LogP contribution >= 0.6 is 0 Å². The number of hydrogen-bond donors (Lipinski definition) is 0. The standard InChI is InChI=1S/C49H98N2/c1-4-7-10-13-16-19-21-23-25-26-27-29-31-34-37-40-43-46-51-48-47-50(49(51)44-41-38-35-32-18-15-12-9-6-3)45-42-39-36-33-30-28-24-22-20-17-14-11-8-5-2/h47-49H,4-46H2,1-3H3. The molecule has 0 aromatic heterocycles. The van der Waals surface area contributed by atoms with E-state index in [9.17, 15) is 0 Å². The Balaban J connectivity index is 2.15. The maximum absolute atomic E-state index is 2.74. The molecule has 0 radical (unpaired) electrons. The van der Waals surface area contributed by atoms with Crippen LogP contribution in [0.1, 0.15) is 284 Å². The Morgan fingerprint density at radius 3 is 0.686 bits per heavy atom. The third-order valence-corrected chi connectivity index (χ3v) is 12.1. The Morgan fingerprint density at radius 1 is 0.255 bits per heavy atom. The minimum absolute atomic E-state index is 0.637. The molecule has 1 aliphatic rings. The van der Waals surface area contributed by atoms with Crippen molar-refractivity contribution >= 4 is 0 Å². The molecule has 51 heavy (non-hydrogen) atoms. The summed E-state index contributed by atoms with van der Waals surface area (Å²) in [6, 6.07) is 0. The zero-order chi connectivity index (χ0) is 36.6. The zero-order valence-corrected chi connectivity index (χ0v) is 36.0.